The number of hydrogen-bond acceptors (Lipinski definition) is 6. The van der Waals surface area contributed by atoms with E-state index in [-0.39, 0.29) is 24.6 Å². The molecule has 3 rings (SSSR count). The Kier molecular flexibility index (Phi) is 5.88. The standard InChI is InChI=1S/C17H18Cl2N4O4/c1-27-7-3-6-23-16(25)14(15(24)20-17(23)26)12-8-11(21-22-12)13-9(18)4-2-5-10(13)19/h2,4-5,11,21,25H,3,6-8H2,1H3,(H,20,24,26)/t11-/m0/s1. The van der Waals surface area contributed by atoms with E-state index >= 15 is 0 Å². The molecule has 27 heavy (non-hydrogen) atoms. The van der Waals surface area contributed by atoms with Gasteiger partial charge in [-0.05, 0) is 18.6 Å². The number of methoxy groups -OCH3 is 1. The van der Waals surface area contributed by atoms with Crippen molar-refractivity contribution in [2.24, 2.45) is 5.10 Å². The van der Waals surface area contributed by atoms with Crippen molar-refractivity contribution in [2.75, 3.05) is 13.7 Å². The Morgan fingerprint density at radius 3 is 2.70 bits per heavy atom. The van der Waals surface area contributed by atoms with Crippen molar-refractivity contribution in [3.63, 3.8) is 0 Å². The lowest BCUT2D eigenvalue weighted by atomic mass is 10.00. The summed E-state index contributed by atoms with van der Waals surface area (Å²) >= 11 is 12.5. The molecule has 0 bridgehead atoms. The highest BCUT2D eigenvalue weighted by Crippen LogP contribution is 2.35. The number of H-pyrrole nitrogens is 1. The highest BCUT2D eigenvalue weighted by Gasteiger charge is 2.29. The number of benzene rings is 1. The first kappa shape index (κ1) is 19.5. The van der Waals surface area contributed by atoms with Crippen LogP contribution in [0.15, 0.2) is 32.9 Å². The van der Waals surface area contributed by atoms with E-state index in [9.17, 15) is 14.7 Å². The van der Waals surface area contributed by atoms with Crippen LogP contribution in [-0.4, -0.2) is 34.1 Å². The van der Waals surface area contributed by atoms with E-state index in [2.05, 4.69) is 15.5 Å². The zero-order valence-electron chi connectivity index (χ0n) is 14.5. The molecule has 0 radical (unpaired) electrons. The molecule has 1 aromatic heterocycles. The van der Waals surface area contributed by atoms with Crippen molar-refractivity contribution < 1.29 is 9.84 Å². The van der Waals surface area contributed by atoms with Gasteiger partial charge in [-0.2, -0.15) is 5.10 Å². The first-order chi connectivity index (χ1) is 12.9. The summed E-state index contributed by atoms with van der Waals surface area (Å²) in [6, 6.07) is 4.80. The number of aromatic nitrogens is 2. The van der Waals surface area contributed by atoms with Crippen LogP contribution in [0.5, 0.6) is 5.88 Å². The van der Waals surface area contributed by atoms with Gasteiger partial charge in [0.15, 0.2) is 0 Å². The molecule has 1 aliphatic heterocycles. The van der Waals surface area contributed by atoms with Crippen molar-refractivity contribution in [3.05, 3.63) is 60.2 Å². The number of nitrogens with zero attached hydrogens (tertiary/aromatic N) is 2. The third kappa shape index (κ3) is 3.87. The number of nitrogens with one attached hydrogen (secondary N) is 2. The lowest BCUT2D eigenvalue weighted by molar-refractivity contribution is 0.188. The summed E-state index contributed by atoms with van der Waals surface area (Å²) in [4.78, 5) is 26.5. The Morgan fingerprint density at radius 2 is 2.04 bits per heavy atom. The monoisotopic (exact) mass is 412 g/mol. The summed E-state index contributed by atoms with van der Waals surface area (Å²) in [7, 11) is 1.54. The van der Waals surface area contributed by atoms with Gasteiger partial charge in [-0.15, -0.1) is 0 Å². The fraction of sp³-hybridized carbons (Fsp3) is 0.353. The first-order valence-corrected chi connectivity index (χ1v) is 9.01. The Balaban J connectivity index is 1.92. The predicted octanol–water partition coefficient (Wildman–Crippen LogP) is 2.02. The molecule has 0 amide bonds. The van der Waals surface area contributed by atoms with Gasteiger partial charge < -0.3 is 15.3 Å². The lowest BCUT2D eigenvalue weighted by Gasteiger charge is -2.14. The molecular weight excluding hydrogens is 395 g/mol. The minimum Gasteiger partial charge on any atom is -0.494 e. The molecule has 1 atom stereocenters. The van der Waals surface area contributed by atoms with Crippen LogP contribution in [-0.2, 0) is 11.3 Å². The van der Waals surface area contributed by atoms with Crippen LogP contribution < -0.4 is 16.7 Å². The van der Waals surface area contributed by atoms with Gasteiger partial charge in [-0.3, -0.25) is 14.3 Å². The van der Waals surface area contributed by atoms with Gasteiger partial charge in [0.1, 0.15) is 5.56 Å². The van der Waals surface area contributed by atoms with Gasteiger partial charge in [-0.25, -0.2) is 4.79 Å². The Labute approximate surface area is 164 Å². The maximum atomic E-state index is 12.3. The summed E-state index contributed by atoms with van der Waals surface area (Å²) in [5, 5.41) is 15.6. The zero-order valence-corrected chi connectivity index (χ0v) is 16.0. The van der Waals surface area contributed by atoms with Crippen LogP contribution in [0.25, 0.3) is 0 Å². The SMILES string of the molecule is COCCCn1c(O)c(C2=NN[C@H](c3c(Cl)cccc3Cl)C2)c(=O)[nH]c1=O. The number of halogens is 2. The minimum atomic E-state index is -0.702. The van der Waals surface area contributed by atoms with Gasteiger partial charge in [0.2, 0.25) is 5.88 Å². The average Bonchev–Trinajstić information content (AvgIpc) is 3.06. The van der Waals surface area contributed by atoms with Crippen LogP contribution in [0.3, 0.4) is 0 Å². The fourth-order valence-electron chi connectivity index (χ4n) is 3.00. The molecule has 10 heteroatoms. The number of aromatic hydroxyl groups is 1. The van der Waals surface area contributed by atoms with Gasteiger partial charge in [0, 0.05) is 42.3 Å². The van der Waals surface area contributed by atoms with Crippen molar-refractivity contribution in [1.82, 2.24) is 15.0 Å². The second kappa shape index (κ2) is 8.16. The van der Waals surface area contributed by atoms with Crippen LogP contribution >= 0.6 is 23.2 Å². The van der Waals surface area contributed by atoms with Crippen molar-refractivity contribution in [1.29, 1.82) is 0 Å². The maximum Gasteiger partial charge on any atom is 0.331 e. The molecule has 2 heterocycles. The average molecular weight is 413 g/mol. The maximum absolute atomic E-state index is 12.3. The van der Waals surface area contributed by atoms with Crippen LogP contribution in [0.4, 0.5) is 0 Å². The molecule has 1 aromatic carbocycles. The van der Waals surface area contributed by atoms with Crippen molar-refractivity contribution in [2.45, 2.75) is 25.4 Å². The minimum absolute atomic E-state index is 0.0507. The zero-order chi connectivity index (χ0) is 19.6. The van der Waals surface area contributed by atoms with E-state index in [0.717, 1.165) is 4.57 Å². The molecule has 2 aromatic rings. The molecule has 0 saturated heterocycles. The summed E-state index contributed by atoms with van der Waals surface area (Å²) < 4.78 is 6.05. The van der Waals surface area contributed by atoms with E-state index in [1.54, 1.807) is 25.3 Å². The van der Waals surface area contributed by atoms with E-state index in [1.165, 1.54) is 0 Å². The summed E-state index contributed by atoms with van der Waals surface area (Å²) in [6.45, 7) is 0.610. The van der Waals surface area contributed by atoms with E-state index < -0.39 is 17.1 Å². The predicted molar refractivity (Wildman–Crippen MR) is 103 cm³/mol. The second-order valence-electron chi connectivity index (χ2n) is 6.04. The molecule has 3 N–H and O–H groups in total. The van der Waals surface area contributed by atoms with E-state index in [0.29, 0.717) is 34.3 Å². The van der Waals surface area contributed by atoms with Gasteiger partial charge in [0.05, 0.1) is 11.8 Å². The molecule has 0 saturated carbocycles. The van der Waals surface area contributed by atoms with Crippen LogP contribution in [0, 0.1) is 0 Å². The second-order valence-corrected chi connectivity index (χ2v) is 6.85. The van der Waals surface area contributed by atoms with Crippen LogP contribution in [0.1, 0.15) is 30.0 Å². The Bertz CT molecular complexity index is 979. The Morgan fingerprint density at radius 1 is 1.33 bits per heavy atom. The molecule has 144 valence electrons. The third-order valence-electron chi connectivity index (χ3n) is 4.29. The summed E-state index contributed by atoms with van der Waals surface area (Å²) in [5.74, 6) is -0.425. The number of rotatable bonds is 6. The molecule has 0 aliphatic carbocycles. The topological polar surface area (TPSA) is 109 Å². The molecule has 0 unspecified atom stereocenters. The molecule has 1 aliphatic rings. The number of hydrazone groups is 1. The largest absolute Gasteiger partial charge is 0.494 e. The van der Waals surface area contributed by atoms with Gasteiger partial charge >= 0.3 is 5.69 Å². The van der Waals surface area contributed by atoms with Crippen molar-refractivity contribution in [3.8, 4) is 5.88 Å². The van der Waals surface area contributed by atoms with Crippen molar-refractivity contribution >= 4 is 28.9 Å². The highest BCUT2D eigenvalue weighted by atomic mass is 35.5. The number of hydrogen-bond donors (Lipinski definition) is 3. The van der Waals surface area contributed by atoms with E-state index in [1.807, 2.05) is 0 Å². The molecule has 0 fully saturated rings. The summed E-state index contributed by atoms with van der Waals surface area (Å²) in [5.41, 5.74) is 2.42. The fourth-order valence-corrected chi connectivity index (χ4v) is 3.66. The van der Waals surface area contributed by atoms with Gasteiger partial charge in [0.25, 0.3) is 5.56 Å². The van der Waals surface area contributed by atoms with E-state index in [4.69, 9.17) is 27.9 Å². The normalized spacial score (nSPS) is 16.3. The Hall–Kier alpha value is -2.29. The summed E-state index contributed by atoms with van der Waals surface area (Å²) in [6.07, 6.45) is 0.772. The third-order valence-corrected chi connectivity index (χ3v) is 4.95. The smallest absolute Gasteiger partial charge is 0.331 e. The quantitative estimate of drug-likeness (QED) is 0.628. The number of aromatic amines is 1. The molecular formula is C17H18Cl2N4O4. The lowest BCUT2D eigenvalue weighted by Crippen LogP contribution is -2.34. The first-order valence-electron chi connectivity index (χ1n) is 8.25. The van der Waals surface area contributed by atoms with Gasteiger partial charge in [-0.1, -0.05) is 29.3 Å². The highest BCUT2D eigenvalue weighted by molar-refractivity contribution is 6.36. The van der Waals surface area contributed by atoms with Crippen LogP contribution in [0.2, 0.25) is 10.0 Å². The molecule has 8 nitrogen and oxygen atoms in total. The molecule has 0 spiro atoms. The number of ether oxygens (including phenoxy) is 1.